The van der Waals surface area contributed by atoms with Crippen LogP contribution >= 0.6 is 0 Å². The zero-order valence-corrected chi connectivity index (χ0v) is 13.0. The molecule has 2 heteroatoms. The number of piperidine rings is 1. The van der Waals surface area contributed by atoms with Crippen LogP contribution < -0.4 is 5.32 Å². The van der Waals surface area contributed by atoms with Gasteiger partial charge in [-0.25, -0.2) is 0 Å². The molecule has 17 heavy (non-hydrogen) atoms. The average molecular weight is 243 g/mol. The van der Waals surface area contributed by atoms with E-state index in [1.807, 2.05) is 21.0 Å². The minimum atomic E-state index is 0.399. The van der Waals surface area contributed by atoms with E-state index < -0.39 is 0 Å². The molecule has 1 heterocycles. The molecule has 1 N–H and O–H groups in total. The average Bonchev–Trinajstić information content (AvgIpc) is 2.31. The summed E-state index contributed by atoms with van der Waals surface area (Å²) < 4.78 is 5.35. The maximum absolute atomic E-state index is 5.35. The summed E-state index contributed by atoms with van der Waals surface area (Å²) in [4.78, 5) is 0. The van der Waals surface area contributed by atoms with Crippen LogP contribution in [0.2, 0.25) is 0 Å². The molecule has 104 valence electrons. The predicted molar refractivity (Wildman–Crippen MR) is 76.4 cm³/mol. The first-order chi connectivity index (χ1) is 7.93. The molecule has 0 radical (unpaired) electrons. The minimum absolute atomic E-state index is 0.399. The third kappa shape index (κ3) is 6.42. The highest BCUT2D eigenvalue weighted by Crippen LogP contribution is 2.34. The van der Waals surface area contributed by atoms with Crippen LogP contribution in [0.3, 0.4) is 0 Å². The van der Waals surface area contributed by atoms with Crippen molar-refractivity contribution in [1.82, 2.24) is 5.32 Å². The summed E-state index contributed by atoms with van der Waals surface area (Å²) in [5.41, 5.74) is 0.433. The molecule has 2 nitrogen and oxygen atoms in total. The smallest absolute Gasteiger partial charge is 0.0546 e. The molecule has 1 aliphatic heterocycles. The first-order valence-electron chi connectivity index (χ1n) is 7.17. The summed E-state index contributed by atoms with van der Waals surface area (Å²) >= 11 is 0. The number of nitrogens with one attached hydrogen (secondary N) is 1. The fourth-order valence-electron chi connectivity index (χ4n) is 2.44. The largest absolute Gasteiger partial charge is 0.382 e. The molecule has 3 unspecified atom stereocenters. The standard InChI is InChI=1S/C13H27NO.C2H6/c1-10(15-5)6-11-7-12(9-14-8-11)13(2,3)4;1-2/h10-12,14H,6-9H2,1-5H3;1-2H3. The number of hydrogen-bond acceptors (Lipinski definition) is 2. The van der Waals surface area contributed by atoms with Gasteiger partial charge in [-0.05, 0) is 50.1 Å². The molecule has 0 aromatic carbocycles. The van der Waals surface area contributed by atoms with Crippen LogP contribution in [0.4, 0.5) is 0 Å². The van der Waals surface area contributed by atoms with E-state index >= 15 is 0 Å². The molecule has 1 fully saturated rings. The zero-order valence-electron chi connectivity index (χ0n) is 13.0. The Labute approximate surface area is 109 Å². The van der Waals surface area contributed by atoms with Crippen LogP contribution in [0.1, 0.15) is 54.4 Å². The second-order valence-corrected chi connectivity index (χ2v) is 6.10. The summed E-state index contributed by atoms with van der Waals surface area (Å²) in [5, 5.41) is 3.57. The van der Waals surface area contributed by atoms with Gasteiger partial charge in [-0.2, -0.15) is 0 Å². The summed E-state index contributed by atoms with van der Waals surface area (Å²) in [6.07, 6.45) is 2.94. The second kappa shape index (κ2) is 8.10. The van der Waals surface area contributed by atoms with Gasteiger partial charge in [0.25, 0.3) is 0 Å². The first kappa shape index (κ1) is 16.9. The van der Waals surface area contributed by atoms with Crippen molar-refractivity contribution in [2.45, 2.75) is 60.5 Å². The Morgan fingerprint density at radius 1 is 1.24 bits per heavy atom. The number of rotatable bonds is 3. The molecule has 0 amide bonds. The monoisotopic (exact) mass is 243 g/mol. The molecule has 0 aliphatic carbocycles. The van der Waals surface area contributed by atoms with E-state index in [-0.39, 0.29) is 0 Å². The molecule has 1 aliphatic rings. The van der Waals surface area contributed by atoms with Gasteiger partial charge >= 0.3 is 0 Å². The summed E-state index contributed by atoms with van der Waals surface area (Å²) in [6.45, 7) is 15.6. The van der Waals surface area contributed by atoms with Crippen molar-refractivity contribution >= 4 is 0 Å². The quantitative estimate of drug-likeness (QED) is 0.816. The van der Waals surface area contributed by atoms with E-state index in [0.29, 0.717) is 11.5 Å². The summed E-state index contributed by atoms with van der Waals surface area (Å²) in [5.74, 6) is 1.60. The lowest BCUT2D eigenvalue weighted by Crippen LogP contribution is -2.42. The van der Waals surface area contributed by atoms with Gasteiger partial charge in [-0.3, -0.25) is 0 Å². The molecule has 0 saturated carbocycles. The maximum Gasteiger partial charge on any atom is 0.0546 e. The van der Waals surface area contributed by atoms with Gasteiger partial charge in [-0.1, -0.05) is 34.6 Å². The third-order valence-corrected chi connectivity index (χ3v) is 3.73. The number of ether oxygens (including phenoxy) is 1. The van der Waals surface area contributed by atoms with E-state index in [9.17, 15) is 0 Å². The minimum Gasteiger partial charge on any atom is -0.382 e. The van der Waals surface area contributed by atoms with E-state index in [1.54, 1.807) is 0 Å². The second-order valence-electron chi connectivity index (χ2n) is 6.10. The van der Waals surface area contributed by atoms with Gasteiger partial charge in [-0.15, -0.1) is 0 Å². The maximum atomic E-state index is 5.35. The molecule has 0 spiro atoms. The lowest BCUT2D eigenvalue weighted by atomic mass is 9.73. The van der Waals surface area contributed by atoms with E-state index in [2.05, 4.69) is 33.0 Å². The van der Waals surface area contributed by atoms with E-state index in [4.69, 9.17) is 4.74 Å². The Bertz CT molecular complexity index is 186. The van der Waals surface area contributed by atoms with Crippen LogP contribution in [0.25, 0.3) is 0 Å². The lowest BCUT2D eigenvalue weighted by molar-refractivity contribution is 0.0726. The highest BCUT2D eigenvalue weighted by molar-refractivity contribution is 4.84. The molecule has 3 atom stereocenters. The van der Waals surface area contributed by atoms with Crippen molar-refractivity contribution in [2.24, 2.45) is 17.3 Å². The van der Waals surface area contributed by atoms with Crippen molar-refractivity contribution < 1.29 is 4.74 Å². The summed E-state index contributed by atoms with van der Waals surface area (Å²) in [7, 11) is 1.81. The Kier molecular flexibility index (Phi) is 8.06. The van der Waals surface area contributed by atoms with Crippen molar-refractivity contribution in [3.8, 4) is 0 Å². The van der Waals surface area contributed by atoms with Gasteiger partial charge in [0, 0.05) is 7.11 Å². The molecule has 1 rings (SSSR count). The molecule has 0 aromatic rings. The van der Waals surface area contributed by atoms with Crippen molar-refractivity contribution in [3.05, 3.63) is 0 Å². The summed E-state index contributed by atoms with van der Waals surface area (Å²) in [6, 6.07) is 0. The SMILES string of the molecule is CC.COC(C)CC1CNCC(C(C)(C)C)C1. The van der Waals surface area contributed by atoms with Crippen LogP contribution in [0, 0.1) is 17.3 Å². The van der Waals surface area contributed by atoms with Crippen LogP contribution in [-0.2, 0) is 4.74 Å². The van der Waals surface area contributed by atoms with Gasteiger partial charge in [0.15, 0.2) is 0 Å². The lowest BCUT2D eigenvalue weighted by Gasteiger charge is -2.38. The number of hydrogen-bond donors (Lipinski definition) is 1. The van der Waals surface area contributed by atoms with Gasteiger partial charge in [0.1, 0.15) is 0 Å². The third-order valence-electron chi connectivity index (χ3n) is 3.73. The van der Waals surface area contributed by atoms with E-state index in [1.165, 1.54) is 25.9 Å². The Hall–Kier alpha value is -0.0800. The molecular weight excluding hydrogens is 210 g/mol. The number of methoxy groups -OCH3 is 1. The fraction of sp³-hybridized carbons (Fsp3) is 1.00. The molecule has 1 saturated heterocycles. The Morgan fingerprint density at radius 3 is 2.29 bits per heavy atom. The van der Waals surface area contributed by atoms with Crippen LogP contribution in [0.5, 0.6) is 0 Å². The predicted octanol–water partition coefficient (Wildman–Crippen LogP) is 3.71. The molecule has 0 bridgehead atoms. The van der Waals surface area contributed by atoms with Crippen LogP contribution in [0.15, 0.2) is 0 Å². The Morgan fingerprint density at radius 2 is 1.82 bits per heavy atom. The van der Waals surface area contributed by atoms with Crippen LogP contribution in [-0.4, -0.2) is 26.3 Å². The molecular formula is C15H33NO. The Balaban J connectivity index is 0.00000121. The van der Waals surface area contributed by atoms with Gasteiger partial charge < -0.3 is 10.1 Å². The van der Waals surface area contributed by atoms with Crippen molar-refractivity contribution in [2.75, 3.05) is 20.2 Å². The van der Waals surface area contributed by atoms with Crippen molar-refractivity contribution in [1.29, 1.82) is 0 Å². The topological polar surface area (TPSA) is 21.3 Å². The van der Waals surface area contributed by atoms with E-state index in [0.717, 1.165) is 11.8 Å². The highest BCUT2D eigenvalue weighted by atomic mass is 16.5. The fourth-order valence-corrected chi connectivity index (χ4v) is 2.44. The molecule has 0 aromatic heterocycles. The highest BCUT2D eigenvalue weighted by Gasteiger charge is 2.30. The zero-order chi connectivity index (χ0) is 13.5. The normalized spacial score (nSPS) is 27.0. The van der Waals surface area contributed by atoms with Gasteiger partial charge in [0.2, 0.25) is 0 Å². The van der Waals surface area contributed by atoms with Gasteiger partial charge in [0.05, 0.1) is 6.10 Å². The first-order valence-corrected chi connectivity index (χ1v) is 7.17. The van der Waals surface area contributed by atoms with Crippen molar-refractivity contribution in [3.63, 3.8) is 0 Å².